The highest BCUT2D eigenvalue weighted by atomic mass is 19.1. The first kappa shape index (κ1) is 15.7. The normalized spacial score (nSPS) is 12.5. The molecule has 0 radical (unpaired) electrons. The zero-order valence-electron chi connectivity index (χ0n) is 12.8. The van der Waals surface area contributed by atoms with Crippen LogP contribution in [0.5, 0.6) is 0 Å². The number of nitrogens with zero attached hydrogens (tertiary/aromatic N) is 2. The standard InChI is InChI=1S/C17H24FN3/c1-3-10-19-16(13-14-7-5-6-8-15(14)18)17-9-11-20-21(17)12-4-2/h5-9,11,16,19H,3-4,10,12-13H2,1-2H3. The average molecular weight is 289 g/mol. The Morgan fingerprint density at radius 1 is 1.19 bits per heavy atom. The maximum Gasteiger partial charge on any atom is 0.126 e. The van der Waals surface area contributed by atoms with E-state index in [4.69, 9.17) is 0 Å². The van der Waals surface area contributed by atoms with E-state index in [1.54, 1.807) is 6.07 Å². The second-order valence-electron chi connectivity index (χ2n) is 5.28. The quantitative estimate of drug-likeness (QED) is 0.802. The van der Waals surface area contributed by atoms with E-state index in [1.807, 2.05) is 29.1 Å². The summed E-state index contributed by atoms with van der Waals surface area (Å²) < 4.78 is 15.9. The van der Waals surface area contributed by atoms with Crippen LogP contribution in [0.15, 0.2) is 36.5 Å². The molecular formula is C17H24FN3. The Morgan fingerprint density at radius 3 is 2.71 bits per heavy atom. The molecule has 0 spiro atoms. The van der Waals surface area contributed by atoms with Crippen LogP contribution in [0, 0.1) is 5.82 Å². The summed E-state index contributed by atoms with van der Waals surface area (Å²) in [4.78, 5) is 0. The van der Waals surface area contributed by atoms with E-state index in [1.165, 1.54) is 6.07 Å². The van der Waals surface area contributed by atoms with E-state index in [0.29, 0.717) is 6.42 Å². The smallest absolute Gasteiger partial charge is 0.126 e. The van der Waals surface area contributed by atoms with Gasteiger partial charge in [-0.25, -0.2) is 4.39 Å². The molecule has 0 saturated heterocycles. The fraction of sp³-hybridized carbons (Fsp3) is 0.471. The Kier molecular flexibility index (Phi) is 5.93. The molecule has 1 aromatic carbocycles. The molecule has 1 atom stereocenters. The fourth-order valence-electron chi connectivity index (χ4n) is 2.52. The van der Waals surface area contributed by atoms with Gasteiger partial charge in [0.2, 0.25) is 0 Å². The van der Waals surface area contributed by atoms with Crippen LogP contribution < -0.4 is 5.32 Å². The van der Waals surface area contributed by atoms with E-state index in [9.17, 15) is 4.39 Å². The first-order valence-electron chi connectivity index (χ1n) is 7.74. The van der Waals surface area contributed by atoms with Gasteiger partial charge >= 0.3 is 0 Å². The van der Waals surface area contributed by atoms with Gasteiger partial charge in [-0.1, -0.05) is 32.0 Å². The van der Waals surface area contributed by atoms with E-state index in [2.05, 4.69) is 24.3 Å². The first-order valence-corrected chi connectivity index (χ1v) is 7.74. The Labute approximate surface area is 126 Å². The van der Waals surface area contributed by atoms with Gasteiger partial charge in [-0.3, -0.25) is 4.68 Å². The lowest BCUT2D eigenvalue weighted by Crippen LogP contribution is -2.27. The molecule has 3 nitrogen and oxygen atoms in total. The van der Waals surface area contributed by atoms with Crippen LogP contribution in [-0.4, -0.2) is 16.3 Å². The molecule has 2 aromatic rings. The highest BCUT2D eigenvalue weighted by Gasteiger charge is 2.17. The zero-order valence-corrected chi connectivity index (χ0v) is 12.8. The summed E-state index contributed by atoms with van der Waals surface area (Å²) in [5, 5.41) is 7.90. The molecule has 4 heteroatoms. The summed E-state index contributed by atoms with van der Waals surface area (Å²) in [6.45, 7) is 6.08. The van der Waals surface area contributed by atoms with Crippen LogP contribution in [-0.2, 0) is 13.0 Å². The number of halogens is 1. The molecule has 0 aliphatic rings. The van der Waals surface area contributed by atoms with E-state index >= 15 is 0 Å². The van der Waals surface area contributed by atoms with Gasteiger partial charge in [-0.05, 0) is 43.5 Å². The highest BCUT2D eigenvalue weighted by molar-refractivity contribution is 5.21. The number of benzene rings is 1. The van der Waals surface area contributed by atoms with Crippen molar-refractivity contribution in [2.24, 2.45) is 0 Å². The van der Waals surface area contributed by atoms with E-state index in [-0.39, 0.29) is 11.9 Å². The van der Waals surface area contributed by atoms with Crippen molar-refractivity contribution in [2.75, 3.05) is 6.54 Å². The molecule has 0 bridgehead atoms. The highest BCUT2D eigenvalue weighted by Crippen LogP contribution is 2.20. The van der Waals surface area contributed by atoms with E-state index < -0.39 is 0 Å². The van der Waals surface area contributed by atoms with Gasteiger partial charge < -0.3 is 5.32 Å². The Hall–Kier alpha value is -1.68. The second kappa shape index (κ2) is 7.93. The molecule has 1 aromatic heterocycles. The third-order valence-corrected chi connectivity index (χ3v) is 3.56. The predicted molar refractivity (Wildman–Crippen MR) is 83.7 cm³/mol. The number of hydrogen-bond donors (Lipinski definition) is 1. The average Bonchev–Trinajstić information content (AvgIpc) is 2.94. The van der Waals surface area contributed by atoms with Gasteiger partial charge in [-0.2, -0.15) is 5.10 Å². The van der Waals surface area contributed by atoms with Crippen molar-refractivity contribution in [1.82, 2.24) is 15.1 Å². The molecule has 0 aliphatic heterocycles. The molecule has 1 heterocycles. The van der Waals surface area contributed by atoms with Crippen molar-refractivity contribution < 1.29 is 4.39 Å². The van der Waals surface area contributed by atoms with Crippen molar-refractivity contribution in [3.8, 4) is 0 Å². The summed E-state index contributed by atoms with van der Waals surface area (Å²) in [5.41, 5.74) is 1.88. The van der Waals surface area contributed by atoms with Gasteiger partial charge in [0.25, 0.3) is 0 Å². The molecule has 0 aliphatic carbocycles. The summed E-state index contributed by atoms with van der Waals surface area (Å²) in [6.07, 6.45) is 4.56. The van der Waals surface area contributed by atoms with Gasteiger partial charge in [0.1, 0.15) is 5.82 Å². The topological polar surface area (TPSA) is 29.9 Å². The minimum absolute atomic E-state index is 0.0934. The summed E-state index contributed by atoms with van der Waals surface area (Å²) in [7, 11) is 0. The maximum atomic E-state index is 13.9. The Bertz CT molecular complexity index is 550. The predicted octanol–water partition coefficient (Wildman–Crippen LogP) is 3.72. The van der Waals surface area contributed by atoms with Crippen LogP contribution in [0.2, 0.25) is 0 Å². The number of aromatic nitrogens is 2. The van der Waals surface area contributed by atoms with Gasteiger partial charge in [0.15, 0.2) is 0 Å². The fourth-order valence-corrected chi connectivity index (χ4v) is 2.52. The van der Waals surface area contributed by atoms with Crippen molar-refractivity contribution in [2.45, 2.75) is 45.7 Å². The molecule has 1 unspecified atom stereocenters. The van der Waals surface area contributed by atoms with Crippen molar-refractivity contribution in [3.05, 3.63) is 53.6 Å². The molecule has 1 N–H and O–H groups in total. The van der Waals surface area contributed by atoms with Crippen LogP contribution in [0.1, 0.15) is 44.0 Å². The lowest BCUT2D eigenvalue weighted by molar-refractivity contribution is 0.461. The second-order valence-corrected chi connectivity index (χ2v) is 5.28. The lowest BCUT2D eigenvalue weighted by Gasteiger charge is -2.20. The first-order chi connectivity index (χ1) is 10.3. The zero-order chi connectivity index (χ0) is 15.1. The molecule has 0 amide bonds. The molecule has 0 fully saturated rings. The van der Waals surface area contributed by atoms with Crippen LogP contribution in [0.25, 0.3) is 0 Å². The summed E-state index contributed by atoms with van der Waals surface area (Å²) >= 11 is 0. The molecule has 2 rings (SSSR count). The summed E-state index contributed by atoms with van der Waals surface area (Å²) in [5.74, 6) is -0.137. The molecule has 0 saturated carbocycles. The minimum atomic E-state index is -0.137. The molecular weight excluding hydrogens is 265 g/mol. The van der Waals surface area contributed by atoms with Gasteiger partial charge in [-0.15, -0.1) is 0 Å². The SMILES string of the molecule is CCCNC(Cc1ccccc1F)c1ccnn1CCC. The molecule has 114 valence electrons. The van der Waals surface area contributed by atoms with Crippen molar-refractivity contribution in [1.29, 1.82) is 0 Å². The number of nitrogens with one attached hydrogen (secondary N) is 1. The Morgan fingerprint density at radius 2 is 2.00 bits per heavy atom. The maximum absolute atomic E-state index is 13.9. The van der Waals surface area contributed by atoms with Crippen molar-refractivity contribution >= 4 is 0 Å². The molecule has 21 heavy (non-hydrogen) atoms. The van der Waals surface area contributed by atoms with Gasteiger partial charge in [0.05, 0.1) is 11.7 Å². The van der Waals surface area contributed by atoms with Crippen LogP contribution in [0.4, 0.5) is 4.39 Å². The third-order valence-electron chi connectivity index (χ3n) is 3.56. The third kappa shape index (κ3) is 4.14. The van der Waals surface area contributed by atoms with E-state index in [0.717, 1.165) is 37.2 Å². The number of aryl methyl sites for hydroxylation is 1. The number of rotatable bonds is 8. The Balaban J connectivity index is 2.21. The number of hydrogen-bond acceptors (Lipinski definition) is 2. The van der Waals surface area contributed by atoms with Crippen molar-refractivity contribution in [3.63, 3.8) is 0 Å². The summed E-state index contributed by atoms with van der Waals surface area (Å²) in [6, 6.07) is 9.12. The largest absolute Gasteiger partial charge is 0.308 e. The lowest BCUT2D eigenvalue weighted by atomic mass is 10.0. The van der Waals surface area contributed by atoms with Crippen LogP contribution in [0.3, 0.4) is 0 Å². The van der Waals surface area contributed by atoms with Gasteiger partial charge in [0, 0.05) is 12.7 Å². The monoisotopic (exact) mass is 289 g/mol. The minimum Gasteiger partial charge on any atom is -0.308 e. The van der Waals surface area contributed by atoms with Crippen LogP contribution >= 0.6 is 0 Å².